The lowest BCUT2D eigenvalue weighted by molar-refractivity contribution is 0.694. The van der Waals surface area contributed by atoms with E-state index in [1.54, 1.807) is 6.07 Å². The van der Waals surface area contributed by atoms with E-state index in [2.05, 4.69) is 5.10 Å². The summed E-state index contributed by atoms with van der Waals surface area (Å²) in [5, 5.41) is 6.77. The molecule has 0 aliphatic carbocycles. The van der Waals surface area contributed by atoms with E-state index in [0.717, 1.165) is 22.2 Å². The Labute approximate surface area is 126 Å². The third kappa shape index (κ3) is 2.29. The number of benzene rings is 2. The van der Waals surface area contributed by atoms with Crippen LogP contribution in [0.4, 0.5) is 0 Å². The van der Waals surface area contributed by atoms with Crippen LogP contribution in [0, 0.1) is 0 Å². The van der Waals surface area contributed by atoms with E-state index in [-0.39, 0.29) is 0 Å². The van der Waals surface area contributed by atoms with Crippen molar-refractivity contribution in [1.29, 1.82) is 0 Å². The van der Waals surface area contributed by atoms with Gasteiger partial charge in [-0.25, -0.2) is 0 Å². The Morgan fingerprint density at radius 3 is 2.65 bits per heavy atom. The fraction of sp³-hybridized carbons (Fsp3) is 0.133. The zero-order valence-electron chi connectivity index (χ0n) is 10.7. The molecule has 0 saturated carbocycles. The molecule has 3 aromatic rings. The van der Waals surface area contributed by atoms with Crippen LogP contribution < -0.4 is 5.73 Å². The quantitative estimate of drug-likeness (QED) is 0.798. The lowest BCUT2D eigenvalue weighted by Gasteiger charge is -2.07. The third-order valence-corrected chi connectivity index (χ3v) is 4.14. The maximum atomic E-state index is 6.24. The zero-order valence-corrected chi connectivity index (χ0v) is 12.2. The summed E-state index contributed by atoms with van der Waals surface area (Å²) in [7, 11) is 0. The molecule has 3 nitrogen and oxygen atoms in total. The molecule has 0 atom stereocenters. The topological polar surface area (TPSA) is 43.8 Å². The first-order chi connectivity index (χ1) is 9.70. The standard InChI is InChI=1S/C15H13Cl2N3/c16-12-6-3-4-10(15(12)17)9-20-14-7-2-1-5-11(14)13(8-18)19-20/h1-7H,8-9,18H2. The van der Waals surface area contributed by atoms with Gasteiger partial charge in [0.15, 0.2) is 0 Å². The highest BCUT2D eigenvalue weighted by atomic mass is 35.5. The Bertz CT molecular complexity index is 765. The largest absolute Gasteiger partial charge is 0.325 e. The molecule has 3 rings (SSSR count). The number of nitrogens with two attached hydrogens (primary N) is 1. The van der Waals surface area contributed by atoms with Crippen molar-refractivity contribution in [3.05, 3.63) is 63.8 Å². The van der Waals surface area contributed by atoms with Crippen LogP contribution >= 0.6 is 23.2 Å². The molecule has 0 spiro atoms. The molecule has 1 aromatic heterocycles. The average molecular weight is 306 g/mol. The first kappa shape index (κ1) is 13.4. The second-order valence-corrected chi connectivity index (χ2v) is 5.32. The summed E-state index contributed by atoms with van der Waals surface area (Å²) < 4.78 is 1.91. The van der Waals surface area contributed by atoms with Crippen molar-refractivity contribution in [1.82, 2.24) is 9.78 Å². The van der Waals surface area contributed by atoms with Crippen LogP contribution in [0.5, 0.6) is 0 Å². The molecule has 0 radical (unpaired) electrons. The van der Waals surface area contributed by atoms with Crippen molar-refractivity contribution in [2.24, 2.45) is 5.73 Å². The van der Waals surface area contributed by atoms with Crippen LogP contribution in [0.2, 0.25) is 10.0 Å². The van der Waals surface area contributed by atoms with E-state index in [1.807, 2.05) is 41.1 Å². The number of para-hydroxylation sites is 1. The summed E-state index contributed by atoms with van der Waals surface area (Å²) in [6.07, 6.45) is 0. The summed E-state index contributed by atoms with van der Waals surface area (Å²) in [5.41, 5.74) is 8.63. The van der Waals surface area contributed by atoms with Gasteiger partial charge in [-0.15, -0.1) is 0 Å². The molecule has 5 heteroatoms. The van der Waals surface area contributed by atoms with Crippen molar-refractivity contribution in [2.75, 3.05) is 0 Å². The fourth-order valence-corrected chi connectivity index (χ4v) is 2.68. The van der Waals surface area contributed by atoms with Crippen LogP contribution in [0.1, 0.15) is 11.3 Å². The number of fused-ring (bicyclic) bond motifs is 1. The Morgan fingerprint density at radius 2 is 1.85 bits per heavy atom. The Balaban J connectivity index is 2.09. The third-order valence-electron chi connectivity index (χ3n) is 3.28. The van der Waals surface area contributed by atoms with Gasteiger partial charge in [0.2, 0.25) is 0 Å². The molecule has 0 saturated heterocycles. The monoisotopic (exact) mass is 305 g/mol. The molecule has 2 aromatic carbocycles. The van der Waals surface area contributed by atoms with Gasteiger partial charge in [0.05, 0.1) is 27.8 Å². The van der Waals surface area contributed by atoms with Crippen LogP contribution in [0.3, 0.4) is 0 Å². The van der Waals surface area contributed by atoms with Gasteiger partial charge >= 0.3 is 0 Å². The minimum Gasteiger partial charge on any atom is -0.325 e. The SMILES string of the molecule is NCc1nn(Cc2cccc(Cl)c2Cl)c2ccccc12. The van der Waals surface area contributed by atoms with Gasteiger partial charge in [-0.2, -0.15) is 5.10 Å². The van der Waals surface area contributed by atoms with Gasteiger partial charge in [0.1, 0.15) is 0 Å². The molecule has 0 aliphatic rings. The normalized spacial score (nSPS) is 11.2. The predicted molar refractivity (Wildman–Crippen MR) is 83.2 cm³/mol. The number of hydrogen-bond donors (Lipinski definition) is 1. The molecular weight excluding hydrogens is 293 g/mol. The Hall–Kier alpha value is -1.55. The van der Waals surface area contributed by atoms with Crippen molar-refractivity contribution >= 4 is 34.1 Å². The van der Waals surface area contributed by atoms with Gasteiger partial charge in [-0.1, -0.05) is 53.5 Å². The van der Waals surface area contributed by atoms with E-state index in [0.29, 0.717) is 23.1 Å². The molecule has 0 aliphatic heterocycles. The van der Waals surface area contributed by atoms with Crippen LogP contribution in [0.25, 0.3) is 10.9 Å². The molecule has 102 valence electrons. The first-order valence-electron chi connectivity index (χ1n) is 6.28. The molecule has 0 bridgehead atoms. The summed E-state index contributed by atoms with van der Waals surface area (Å²) in [5.74, 6) is 0. The number of nitrogens with zero attached hydrogens (tertiary/aromatic N) is 2. The highest BCUT2D eigenvalue weighted by Crippen LogP contribution is 2.27. The summed E-state index contributed by atoms with van der Waals surface area (Å²) in [6, 6.07) is 13.6. The molecule has 1 heterocycles. The Kier molecular flexibility index (Phi) is 3.66. The van der Waals surface area contributed by atoms with Crippen molar-refractivity contribution < 1.29 is 0 Å². The van der Waals surface area contributed by atoms with Crippen LogP contribution in [0.15, 0.2) is 42.5 Å². The van der Waals surface area contributed by atoms with Gasteiger partial charge in [-0.3, -0.25) is 4.68 Å². The highest BCUT2D eigenvalue weighted by molar-refractivity contribution is 6.42. The number of aromatic nitrogens is 2. The zero-order chi connectivity index (χ0) is 14.1. The lowest BCUT2D eigenvalue weighted by atomic mass is 10.2. The molecule has 20 heavy (non-hydrogen) atoms. The Morgan fingerprint density at radius 1 is 1.05 bits per heavy atom. The minimum atomic E-state index is 0.413. The van der Waals surface area contributed by atoms with E-state index >= 15 is 0 Å². The number of halogens is 2. The smallest absolute Gasteiger partial charge is 0.0839 e. The maximum absolute atomic E-state index is 6.24. The molecule has 0 unspecified atom stereocenters. The molecule has 2 N–H and O–H groups in total. The molecular formula is C15H13Cl2N3. The second kappa shape index (κ2) is 5.44. The predicted octanol–water partition coefficient (Wildman–Crippen LogP) is 3.85. The van der Waals surface area contributed by atoms with E-state index in [1.165, 1.54) is 0 Å². The van der Waals surface area contributed by atoms with Gasteiger partial charge in [0.25, 0.3) is 0 Å². The lowest BCUT2D eigenvalue weighted by Crippen LogP contribution is -2.04. The minimum absolute atomic E-state index is 0.413. The van der Waals surface area contributed by atoms with Gasteiger partial charge in [0, 0.05) is 11.9 Å². The van der Waals surface area contributed by atoms with Crippen LogP contribution in [-0.2, 0) is 13.1 Å². The van der Waals surface area contributed by atoms with Gasteiger partial charge < -0.3 is 5.73 Å². The van der Waals surface area contributed by atoms with E-state index < -0.39 is 0 Å². The maximum Gasteiger partial charge on any atom is 0.0839 e. The number of rotatable bonds is 3. The second-order valence-electron chi connectivity index (χ2n) is 4.54. The molecule has 0 fully saturated rings. The van der Waals surface area contributed by atoms with Crippen molar-refractivity contribution in [2.45, 2.75) is 13.1 Å². The van der Waals surface area contributed by atoms with E-state index in [4.69, 9.17) is 28.9 Å². The van der Waals surface area contributed by atoms with Crippen LogP contribution in [-0.4, -0.2) is 9.78 Å². The molecule has 0 amide bonds. The van der Waals surface area contributed by atoms with E-state index in [9.17, 15) is 0 Å². The number of hydrogen-bond acceptors (Lipinski definition) is 2. The average Bonchev–Trinajstić information content (AvgIpc) is 2.82. The fourth-order valence-electron chi connectivity index (χ4n) is 2.30. The first-order valence-corrected chi connectivity index (χ1v) is 7.03. The highest BCUT2D eigenvalue weighted by Gasteiger charge is 2.11. The summed E-state index contributed by atoms with van der Waals surface area (Å²) in [6.45, 7) is 0.983. The summed E-state index contributed by atoms with van der Waals surface area (Å²) >= 11 is 12.3. The van der Waals surface area contributed by atoms with Gasteiger partial charge in [-0.05, 0) is 17.7 Å². The summed E-state index contributed by atoms with van der Waals surface area (Å²) in [4.78, 5) is 0. The van der Waals surface area contributed by atoms with Crippen molar-refractivity contribution in [3.8, 4) is 0 Å². The van der Waals surface area contributed by atoms with Crippen molar-refractivity contribution in [3.63, 3.8) is 0 Å².